The van der Waals surface area contributed by atoms with E-state index in [0.717, 1.165) is 17.1 Å². The van der Waals surface area contributed by atoms with Crippen molar-refractivity contribution in [3.05, 3.63) is 60.2 Å². The van der Waals surface area contributed by atoms with Crippen LogP contribution in [-0.2, 0) is 15.8 Å². The van der Waals surface area contributed by atoms with Crippen LogP contribution in [0.2, 0.25) is 0 Å². The lowest BCUT2D eigenvalue weighted by molar-refractivity contribution is -0.312. The van der Waals surface area contributed by atoms with Crippen molar-refractivity contribution in [3.63, 3.8) is 0 Å². The van der Waals surface area contributed by atoms with E-state index >= 15 is 0 Å². The fourth-order valence-electron chi connectivity index (χ4n) is 2.14. The molecule has 6 nitrogen and oxygen atoms in total. The van der Waals surface area contributed by atoms with Gasteiger partial charge in [-0.05, 0) is 42.7 Å². The minimum atomic E-state index is -4.80. The Kier molecular flexibility index (Phi) is 6.55. The normalized spacial score (nSPS) is 11.1. The smallest absolute Gasteiger partial charge is 0.225 e. The van der Waals surface area contributed by atoms with Crippen molar-refractivity contribution >= 4 is 13.5 Å². The Hall–Kier alpha value is -2.14. The number of carbonyl (C=O) groups is 1. The van der Waals surface area contributed by atoms with Gasteiger partial charge in [-0.15, -0.1) is 0 Å². The first-order valence-corrected chi connectivity index (χ1v) is 9.25. The molecule has 24 heavy (non-hydrogen) atoms. The molecule has 2 aromatic rings. The first-order chi connectivity index (χ1) is 11.4. The molecule has 2 aromatic carbocycles. The second-order valence-electron chi connectivity index (χ2n) is 5.29. The molecule has 0 aliphatic rings. The highest BCUT2D eigenvalue weighted by Crippen LogP contribution is 2.22. The van der Waals surface area contributed by atoms with Gasteiger partial charge in [0.15, 0.2) is 0 Å². The van der Waals surface area contributed by atoms with Gasteiger partial charge in [-0.3, -0.25) is 4.79 Å². The molecule has 7 heteroatoms. The van der Waals surface area contributed by atoms with Crippen molar-refractivity contribution in [1.29, 1.82) is 0 Å². The number of para-hydroxylation sites is 1. The van der Waals surface area contributed by atoms with Gasteiger partial charge in [-0.1, -0.05) is 37.9 Å². The van der Waals surface area contributed by atoms with Crippen LogP contribution in [0.1, 0.15) is 12.0 Å². The average Bonchev–Trinajstić information content (AvgIpc) is 2.51. The van der Waals surface area contributed by atoms with E-state index in [9.17, 15) is 19.1 Å². The summed E-state index contributed by atoms with van der Waals surface area (Å²) in [6, 6.07) is 17.0. The van der Waals surface area contributed by atoms with E-state index in [2.05, 4.69) is 5.32 Å². The Morgan fingerprint density at radius 2 is 1.75 bits per heavy atom. The van der Waals surface area contributed by atoms with Gasteiger partial charge in [0.1, 0.15) is 11.5 Å². The summed E-state index contributed by atoms with van der Waals surface area (Å²) in [6.45, 7) is 0.308. The molecule has 0 bridgehead atoms. The van der Waals surface area contributed by atoms with Crippen molar-refractivity contribution in [2.75, 3.05) is 12.7 Å². The van der Waals surface area contributed by atoms with Crippen LogP contribution in [0.25, 0.3) is 0 Å². The van der Waals surface area contributed by atoms with E-state index in [0.29, 0.717) is 19.4 Å². The lowest BCUT2D eigenvalue weighted by atomic mass is 10.1. The van der Waals surface area contributed by atoms with Crippen LogP contribution in [0.15, 0.2) is 54.6 Å². The molecule has 0 heterocycles. The highest BCUT2D eigenvalue weighted by atomic mass is 31.2. The predicted molar refractivity (Wildman–Crippen MR) is 86.8 cm³/mol. The van der Waals surface area contributed by atoms with E-state index in [1.54, 1.807) is 0 Å². The summed E-state index contributed by atoms with van der Waals surface area (Å²) in [5, 5.41) is 2.42. The van der Waals surface area contributed by atoms with Crippen LogP contribution in [0.5, 0.6) is 11.5 Å². The van der Waals surface area contributed by atoms with Gasteiger partial charge < -0.3 is 24.4 Å². The van der Waals surface area contributed by atoms with E-state index in [1.165, 1.54) is 0 Å². The summed E-state index contributed by atoms with van der Waals surface area (Å²) in [7, 11) is -4.80. The SMILES string of the molecule is O=C(CP(=O)([O-])[O-])NCCCc1cccc(Oc2ccccc2)c1. The zero-order chi connectivity index (χ0) is 17.4. The first-order valence-electron chi connectivity index (χ1n) is 7.52. The van der Waals surface area contributed by atoms with E-state index in [4.69, 9.17) is 4.74 Å². The largest absolute Gasteiger partial charge is 0.810 e. The van der Waals surface area contributed by atoms with Gasteiger partial charge >= 0.3 is 0 Å². The number of ether oxygens (including phenoxy) is 1. The molecule has 0 spiro atoms. The highest BCUT2D eigenvalue weighted by molar-refractivity contribution is 7.49. The third-order valence-corrected chi connectivity index (χ3v) is 3.85. The van der Waals surface area contributed by atoms with Crippen molar-refractivity contribution in [2.45, 2.75) is 12.8 Å². The number of rotatable bonds is 8. The summed E-state index contributed by atoms with van der Waals surface area (Å²) >= 11 is 0. The molecule has 0 aliphatic heterocycles. The molecule has 128 valence electrons. The van der Waals surface area contributed by atoms with E-state index in [1.807, 2.05) is 54.6 Å². The molecule has 1 amide bonds. The average molecular weight is 347 g/mol. The monoisotopic (exact) mass is 347 g/mol. The Morgan fingerprint density at radius 1 is 1.04 bits per heavy atom. The van der Waals surface area contributed by atoms with Gasteiger partial charge in [0, 0.05) is 6.54 Å². The van der Waals surface area contributed by atoms with E-state index < -0.39 is 19.7 Å². The topological polar surface area (TPSA) is 102 Å². The van der Waals surface area contributed by atoms with Crippen LogP contribution in [0.4, 0.5) is 0 Å². The maximum absolute atomic E-state index is 11.2. The fraction of sp³-hybridized carbons (Fsp3) is 0.235. The number of benzene rings is 2. The van der Waals surface area contributed by atoms with Crippen molar-refractivity contribution in [3.8, 4) is 11.5 Å². The predicted octanol–water partition coefficient (Wildman–Crippen LogP) is 1.44. The molecule has 0 saturated carbocycles. The van der Waals surface area contributed by atoms with Crippen molar-refractivity contribution in [2.24, 2.45) is 0 Å². The minimum Gasteiger partial charge on any atom is -0.810 e. The molecule has 0 fully saturated rings. The molecule has 1 N–H and O–H groups in total. The second-order valence-corrected chi connectivity index (χ2v) is 6.82. The quantitative estimate of drug-likeness (QED) is 0.575. The summed E-state index contributed by atoms with van der Waals surface area (Å²) in [6.07, 6.45) is 0.328. The fourth-order valence-corrected chi connectivity index (χ4v) is 2.60. The molecule has 2 rings (SSSR count). The Bertz CT molecular complexity index is 714. The van der Waals surface area contributed by atoms with Crippen LogP contribution in [-0.4, -0.2) is 18.6 Å². The minimum absolute atomic E-state index is 0.308. The second kappa shape index (κ2) is 8.64. The zero-order valence-corrected chi connectivity index (χ0v) is 13.9. The summed E-state index contributed by atoms with van der Waals surface area (Å²) in [5.41, 5.74) is 1.04. The van der Waals surface area contributed by atoms with Crippen molar-refractivity contribution in [1.82, 2.24) is 5.32 Å². The molecular weight excluding hydrogens is 329 g/mol. The number of hydrogen-bond donors (Lipinski definition) is 1. The Balaban J connectivity index is 1.78. The summed E-state index contributed by atoms with van der Waals surface area (Å²) in [4.78, 5) is 32.2. The number of aryl methyl sites for hydroxylation is 1. The van der Waals surface area contributed by atoms with Crippen LogP contribution < -0.4 is 19.8 Å². The molecule has 0 aromatic heterocycles. The number of hydrogen-bond acceptors (Lipinski definition) is 5. The van der Waals surface area contributed by atoms with Gasteiger partial charge in [0.05, 0.1) is 6.16 Å². The molecule has 0 radical (unpaired) electrons. The molecule has 0 unspecified atom stereocenters. The zero-order valence-electron chi connectivity index (χ0n) is 13.0. The standard InChI is InChI=1S/C17H20NO5P/c19-17(13-24(20,21)22)18-11-5-7-14-6-4-10-16(12-14)23-15-8-2-1-3-9-15/h1-4,6,8-10,12H,5,7,11,13H2,(H,18,19)(H2,20,21,22)/p-2. The van der Waals surface area contributed by atoms with Crippen LogP contribution in [0.3, 0.4) is 0 Å². The van der Waals surface area contributed by atoms with Gasteiger partial charge in [0.25, 0.3) is 0 Å². The number of amides is 1. The third kappa shape index (κ3) is 6.96. The molecular formula is C17H18NO5P-2. The first kappa shape index (κ1) is 18.2. The lowest BCUT2D eigenvalue weighted by Gasteiger charge is -2.28. The van der Waals surface area contributed by atoms with Gasteiger partial charge in [-0.2, -0.15) is 0 Å². The van der Waals surface area contributed by atoms with Crippen molar-refractivity contribution < 1.29 is 23.9 Å². The molecule has 0 saturated heterocycles. The Morgan fingerprint density at radius 3 is 2.46 bits per heavy atom. The summed E-state index contributed by atoms with van der Waals surface area (Å²) < 4.78 is 16.2. The lowest BCUT2D eigenvalue weighted by Crippen LogP contribution is -2.32. The van der Waals surface area contributed by atoms with Gasteiger partial charge in [0.2, 0.25) is 5.91 Å². The van der Waals surface area contributed by atoms with E-state index in [-0.39, 0.29) is 0 Å². The summed E-state index contributed by atoms with van der Waals surface area (Å²) in [5.74, 6) is 0.715. The number of nitrogens with one attached hydrogen (secondary N) is 1. The molecule has 0 aliphatic carbocycles. The molecule has 0 atom stereocenters. The Labute approximate surface area is 140 Å². The van der Waals surface area contributed by atoms with Crippen LogP contribution in [0, 0.1) is 0 Å². The maximum atomic E-state index is 11.2. The number of carbonyl (C=O) groups excluding carboxylic acids is 1. The third-order valence-electron chi connectivity index (χ3n) is 3.18. The van der Waals surface area contributed by atoms with Gasteiger partial charge in [-0.25, -0.2) is 0 Å². The highest BCUT2D eigenvalue weighted by Gasteiger charge is 2.04. The maximum Gasteiger partial charge on any atom is 0.225 e. The van der Waals surface area contributed by atoms with Crippen LogP contribution >= 0.6 is 7.60 Å².